The molecule has 0 aromatic heterocycles. The summed E-state index contributed by atoms with van der Waals surface area (Å²) in [5, 5.41) is 0. The van der Waals surface area contributed by atoms with Gasteiger partial charge in [-0.1, -0.05) is 26.8 Å². The highest BCUT2D eigenvalue weighted by atomic mass is 79.9. The van der Waals surface area contributed by atoms with E-state index in [2.05, 4.69) is 36.7 Å². The second-order valence-electron chi connectivity index (χ2n) is 4.90. The van der Waals surface area contributed by atoms with Gasteiger partial charge in [0.25, 0.3) is 0 Å². The summed E-state index contributed by atoms with van der Waals surface area (Å²) in [6.07, 6.45) is 1.82. The fourth-order valence-electron chi connectivity index (χ4n) is 1.46. The molecule has 0 spiro atoms. The van der Waals surface area contributed by atoms with E-state index in [1.165, 1.54) is 6.07 Å². The molecule has 1 aromatic carbocycles. The molecule has 0 bridgehead atoms. The number of benzene rings is 1. The maximum Gasteiger partial charge on any atom is 0.137 e. The van der Waals surface area contributed by atoms with Crippen molar-refractivity contribution in [2.24, 2.45) is 11.1 Å². The lowest BCUT2D eigenvalue weighted by Gasteiger charge is -2.30. The van der Waals surface area contributed by atoms with Gasteiger partial charge in [0.1, 0.15) is 5.82 Å². The zero-order valence-corrected chi connectivity index (χ0v) is 11.6. The standard InChI is InChI=1S/C13H19BrFN/c1-4-13(2,3)12(16)8-9-5-6-11(15)10(14)7-9/h5-7,12H,4,8,16H2,1-3H3. The largest absolute Gasteiger partial charge is 0.327 e. The molecule has 0 radical (unpaired) electrons. The van der Waals surface area contributed by atoms with Gasteiger partial charge in [-0.2, -0.15) is 0 Å². The fourth-order valence-corrected chi connectivity index (χ4v) is 1.89. The Kier molecular flexibility index (Phi) is 4.51. The Morgan fingerprint density at radius 2 is 2.06 bits per heavy atom. The van der Waals surface area contributed by atoms with Crippen LogP contribution in [0.2, 0.25) is 0 Å². The third-order valence-corrected chi connectivity index (χ3v) is 3.96. The van der Waals surface area contributed by atoms with Crippen LogP contribution in [0, 0.1) is 11.2 Å². The first-order chi connectivity index (χ1) is 7.36. The Bertz CT molecular complexity index is 363. The molecule has 0 amide bonds. The van der Waals surface area contributed by atoms with Gasteiger partial charge in [0, 0.05) is 6.04 Å². The van der Waals surface area contributed by atoms with Crippen LogP contribution in [0.5, 0.6) is 0 Å². The van der Waals surface area contributed by atoms with Gasteiger partial charge in [-0.3, -0.25) is 0 Å². The first kappa shape index (κ1) is 13.7. The van der Waals surface area contributed by atoms with Crippen LogP contribution in [-0.4, -0.2) is 6.04 Å². The van der Waals surface area contributed by atoms with E-state index >= 15 is 0 Å². The first-order valence-corrected chi connectivity index (χ1v) is 6.35. The average molecular weight is 288 g/mol. The van der Waals surface area contributed by atoms with E-state index in [0.29, 0.717) is 4.47 Å². The Balaban J connectivity index is 2.77. The molecular weight excluding hydrogens is 269 g/mol. The summed E-state index contributed by atoms with van der Waals surface area (Å²) in [5.41, 5.74) is 7.36. The van der Waals surface area contributed by atoms with E-state index in [1.54, 1.807) is 12.1 Å². The van der Waals surface area contributed by atoms with Crippen LogP contribution in [0.3, 0.4) is 0 Å². The highest BCUT2D eigenvalue weighted by Crippen LogP contribution is 2.26. The summed E-state index contributed by atoms with van der Waals surface area (Å²) >= 11 is 3.19. The van der Waals surface area contributed by atoms with Crippen LogP contribution in [0.1, 0.15) is 32.8 Å². The maximum atomic E-state index is 13.1. The number of nitrogens with two attached hydrogens (primary N) is 1. The molecule has 0 aliphatic heterocycles. The summed E-state index contributed by atoms with van der Waals surface area (Å²) in [4.78, 5) is 0. The predicted molar refractivity (Wildman–Crippen MR) is 69.9 cm³/mol. The monoisotopic (exact) mass is 287 g/mol. The van der Waals surface area contributed by atoms with E-state index in [0.717, 1.165) is 18.4 Å². The molecule has 0 fully saturated rings. The van der Waals surface area contributed by atoms with E-state index in [9.17, 15) is 4.39 Å². The third kappa shape index (κ3) is 3.29. The number of halogens is 2. The molecule has 0 saturated carbocycles. The number of rotatable bonds is 4. The Labute approximate surface area is 105 Å². The van der Waals surface area contributed by atoms with E-state index in [-0.39, 0.29) is 17.3 Å². The molecule has 1 rings (SSSR count). The van der Waals surface area contributed by atoms with Crippen molar-refractivity contribution in [3.05, 3.63) is 34.1 Å². The molecule has 0 aliphatic carbocycles. The topological polar surface area (TPSA) is 26.0 Å². The van der Waals surface area contributed by atoms with Crippen LogP contribution in [0.4, 0.5) is 4.39 Å². The molecule has 1 atom stereocenters. The molecule has 1 aromatic rings. The van der Waals surface area contributed by atoms with Gasteiger partial charge in [-0.05, 0) is 51.9 Å². The van der Waals surface area contributed by atoms with Gasteiger partial charge in [-0.15, -0.1) is 0 Å². The highest BCUT2D eigenvalue weighted by Gasteiger charge is 2.24. The Morgan fingerprint density at radius 3 is 2.56 bits per heavy atom. The minimum atomic E-state index is -0.230. The number of hydrogen-bond donors (Lipinski definition) is 1. The molecule has 3 heteroatoms. The molecule has 2 N–H and O–H groups in total. The van der Waals surface area contributed by atoms with Crippen LogP contribution < -0.4 is 5.73 Å². The molecule has 1 unspecified atom stereocenters. The van der Waals surface area contributed by atoms with Gasteiger partial charge >= 0.3 is 0 Å². The minimum absolute atomic E-state index is 0.0925. The van der Waals surface area contributed by atoms with Crippen LogP contribution in [0.25, 0.3) is 0 Å². The second-order valence-corrected chi connectivity index (χ2v) is 5.76. The lowest BCUT2D eigenvalue weighted by Crippen LogP contribution is -2.38. The summed E-state index contributed by atoms with van der Waals surface area (Å²) in [7, 11) is 0. The molecule has 0 heterocycles. The van der Waals surface area contributed by atoms with Crippen molar-refractivity contribution in [1.82, 2.24) is 0 Å². The second kappa shape index (κ2) is 5.28. The zero-order valence-electron chi connectivity index (χ0n) is 10.1. The lowest BCUT2D eigenvalue weighted by atomic mass is 9.79. The van der Waals surface area contributed by atoms with Crippen LogP contribution in [0.15, 0.2) is 22.7 Å². The zero-order chi connectivity index (χ0) is 12.3. The van der Waals surface area contributed by atoms with Crippen molar-refractivity contribution >= 4 is 15.9 Å². The Morgan fingerprint density at radius 1 is 1.44 bits per heavy atom. The molecule has 16 heavy (non-hydrogen) atoms. The lowest BCUT2D eigenvalue weighted by molar-refractivity contribution is 0.272. The van der Waals surface area contributed by atoms with Crippen molar-refractivity contribution in [3.63, 3.8) is 0 Å². The smallest absolute Gasteiger partial charge is 0.137 e. The SMILES string of the molecule is CCC(C)(C)C(N)Cc1ccc(F)c(Br)c1. The van der Waals surface area contributed by atoms with Gasteiger partial charge in [0.2, 0.25) is 0 Å². The van der Waals surface area contributed by atoms with Crippen LogP contribution >= 0.6 is 15.9 Å². The normalized spacial score (nSPS) is 13.9. The summed E-state index contributed by atoms with van der Waals surface area (Å²) in [6.45, 7) is 6.47. The predicted octanol–water partition coefficient (Wildman–Crippen LogP) is 3.89. The molecule has 90 valence electrons. The van der Waals surface area contributed by atoms with Gasteiger partial charge in [-0.25, -0.2) is 4.39 Å². The van der Waals surface area contributed by atoms with Gasteiger partial charge in [0.05, 0.1) is 4.47 Å². The van der Waals surface area contributed by atoms with E-state index in [4.69, 9.17) is 5.73 Å². The molecule has 1 nitrogen and oxygen atoms in total. The minimum Gasteiger partial charge on any atom is -0.327 e. The van der Waals surface area contributed by atoms with Crippen LogP contribution in [-0.2, 0) is 6.42 Å². The van der Waals surface area contributed by atoms with Crippen molar-refractivity contribution in [2.75, 3.05) is 0 Å². The van der Waals surface area contributed by atoms with E-state index in [1.807, 2.05) is 0 Å². The Hall–Kier alpha value is -0.410. The first-order valence-electron chi connectivity index (χ1n) is 5.56. The number of hydrogen-bond acceptors (Lipinski definition) is 1. The van der Waals surface area contributed by atoms with Crippen molar-refractivity contribution < 1.29 is 4.39 Å². The van der Waals surface area contributed by atoms with Gasteiger partial charge < -0.3 is 5.73 Å². The molecular formula is C13H19BrFN. The highest BCUT2D eigenvalue weighted by molar-refractivity contribution is 9.10. The quantitative estimate of drug-likeness (QED) is 0.893. The van der Waals surface area contributed by atoms with Crippen molar-refractivity contribution in [1.29, 1.82) is 0 Å². The summed E-state index contributed by atoms with van der Waals surface area (Å²) in [6, 6.07) is 5.17. The summed E-state index contributed by atoms with van der Waals surface area (Å²) in [5.74, 6) is -0.230. The molecule has 0 aliphatic rings. The fraction of sp³-hybridized carbons (Fsp3) is 0.538. The van der Waals surface area contributed by atoms with Crippen molar-refractivity contribution in [2.45, 2.75) is 39.7 Å². The third-order valence-electron chi connectivity index (χ3n) is 3.35. The summed E-state index contributed by atoms with van der Waals surface area (Å²) < 4.78 is 13.6. The van der Waals surface area contributed by atoms with E-state index < -0.39 is 0 Å². The average Bonchev–Trinajstić information content (AvgIpc) is 2.23. The van der Waals surface area contributed by atoms with Crippen molar-refractivity contribution in [3.8, 4) is 0 Å². The maximum absolute atomic E-state index is 13.1. The van der Waals surface area contributed by atoms with Gasteiger partial charge in [0.15, 0.2) is 0 Å². The molecule has 0 saturated heterocycles.